The molecule has 2 fully saturated rings. The maximum atomic E-state index is 12.8. The first kappa shape index (κ1) is 18.9. The molecule has 0 saturated carbocycles. The number of hydrogen-bond donors (Lipinski definition) is 0. The number of aromatic nitrogens is 1. The molecular formula is C20H24N4O3S. The van der Waals surface area contributed by atoms with Crippen molar-refractivity contribution in [3.05, 3.63) is 54.2 Å². The molecule has 7 nitrogen and oxygen atoms in total. The molecule has 1 aromatic carbocycles. The highest BCUT2D eigenvalue weighted by Gasteiger charge is 2.28. The Morgan fingerprint density at radius 3 is 2.14 bits per heavy atom. The van der Waals surface area contributed by atoms with Crippen molar-refractivity contribution in [3.8, 4) is 0 Å². The molecule has 2 aliphatic rings. The van der Waals surface area contributed by atoms with E-state index in [1.54, 1.807) is 30.5 Å². The zero-order valence-electron chi connectivity index (χ0n) is 15.7. The summed E-state index contributed by atoms with van der Waals surface area (Å²) in [5.41, 5.74) is 0.520. The van der Waals surface area contributed by atoms with Crippen LogP contribution in [0.4, 0.5) is 5.82 Å². The third-order valence-electron chi connectivity index (χ3n) is 5.34. The number of anilines is 1. The fourth-order valence-electron chi connectivity index (χ4n) is 3.71. The second-order valence-corrected chi connectivity index (χ2v) is 9.04. The third kappa shape index (κ3) is 3.74. The van der Waals surface area contributed by atoms with Gasteiger partial charge in [0.1, 0.15) is 5.82 Å². The number of benzene rings is 1. The number of rotatable bonds is 4. The first-order chi connectivity index (χ1) is 13.6. The van der Waals surface area contributed by atoms with Crippen molar-refractivity contribution in [2.75, 3.05) is 44.2 Å². The van der Waals surface area contributed by atoms with Gasteiger partial charge in [-0.3, -0.25) is 4.79 Å². The van der Waals surface area contributed by atoms with Crippen LogP contribution in [0.15, 0.2) is 53.6 Å². The van der Waals surface area contributed by atoms with Gasteiger partial charge in [0.25, 0.3) is 5.91 Å². The van der Waals surface area contributed by atoms with E-state index in [0.29, 0.717) is 31.7 Å². The number of nitrogens with zero attached hydrogens (tertiary/aromatic N) is 4. The summed E-state index contributed by atoms with van der Waals surface area (Å²) < 4.78 is 26.7. The average Bonchev–Trinajstić information content (AvgIpc) is 3.30. The molecule has 0 unspecified atom stereocenters. The molecule has 4 rings (SSSR count). The Labute approximate surface area is 165 Å². The minimum atomic E-state index is -3.45. The number of carbonyl (C=O) groups is 1. The Hall–Kier alpha value is -2.45. The predicted octanol–water partition coefficient (Wildman–Crippen LogP) is 1.83. The molecule has 0 aliphatic carbocycles. The van der Waals surface area contributed by atoms with Crippen molar-refractivity contribution in [1.82, 2.24) is 14.2 Å². The van der Waals surface area contributed by atoms with Crippen LogP contribution in [0, 0.1) is 0 Å². The van der Waals surface area contributed by atoms with Gasteiger partial charge in [-0.05, 0) is 49.2 Å². The first-order valence-electron chi connectivity index (χ1n) is 9.61. The van der Waals surface area contributed by atoms with E-state index in [0.717, 1.165) is 31.7 Å². The van der Waals surface area contributed by atoms with Crippen molar-refractivity contribution in [1.29, 1.82) is 0 Å². The monoisotopic (exact) mass is 400 g/mol. The maximum absolute atomic E-state index is 12.8. The van der Waals surface area contributed by atoms with Crippen LogP contribution >= 0.6 is 0 Å². The Morgan fingerprint density at radius 1 is 0.857 bits per heavy atom. The van der Waals surface area contributed by atoms with Gasteiger partial charge in [0.2, 0.25) is 10.0 Å². The first-order valence-corrected chi connectivity index (χ1v) is 11.1. The van der Waals surface area contributed by atoms with Crippen LogP contribution in [0.2, 0.25) is 0 Å². The Balaban J connectivity index is 1.40. The van der Waals surface area contributed by atoms with Crippen LogP contribution < -0.4 is 4.90 Å². The van der Waals surface area contributed by atoms with Gasteiger partial charge in [0.05, 0.1) is 4.90 Å². The zero-order chi connectivity index (χ0) is 19.6. The highest BCUT2D eigenvalue weighted by atomic mass is 32.2. The number of pyridine rings is 1. The molecule has 0 bridgehead atoms. The summed E-state index contributed by atoms with van der Waals surface area (Å²) >= 11 is 0. The highest BCUT2D eigenvalue weighted by molar-refractivity contribution is 7.89. The smallest absolute Gasteiger partial charge is 0.253 e. The number of sulfonamides is 1. The summed E-state index contributed by atoms with van der Waals surface area (Å²) in [5, 5.41) is 0. The molecule has 2 aliphatic heterocycles. The maximum Gasteiger partial charge on any atom is 0.253 e. The summed E-state index contributed by atoms with van der Waals surface area (Å²) in [5.74, 6) is 0.858. The van der Waals surface area contributed by atoms with E-state index < -0.39 is 10.0 Å². The summed E-state index contributed by atoms with van der Waals surface area (Å²) in [7, 11) is -3.45. The molecule has 1 amide bonds. The molecule has 0 atom stereocenters. The summed E-state index contributed by atoms with van der Waals surface area (Å²) in [6, 6.07) is 12.1. The minimum absolute atomic E-state index is 0.0641. The lowest BCUT2D eigenvalue weighted by atomic mass is 10.2. The Morgan fingerprint density at radius 2 is 1.54 bits per heavy atom. The molecule has 28 heavy (non-hydrogen) atoms. The van der Waals surface area contributed by atoms with E-state index in [2.05, 4.69) is 9.88 Å². The van der Waals surface area contributed by atoms with Crippen LogP contribution in [0.5, 0.6) is 0 Å². The molecule has 3 heterocycles. The summed E-state index contributed by atoms with van der Waals surface area (Å²) in [6.07, 6.45) is 3.57. The molecule has 0 radical (unpaired) electrons. The van der Waals surface area contributed by atoms with Gasteiger partial charge in [-0.25, -0.2) is 13.4 Å². The summed E-state index contributed by atoms with van der Waals surface area (Å²) in [6.45, 7) is 3.83. The minimum Gasteiger partial charge on any atom is -0.353 e. The molecule has 0 N–H and O–H groups in total. The van der Waals surface area contributed by atoms with E-state index in [1.165, 1.54) is 4.31 Å². The molecule has 148 valence electrons. The third-order valence-corrected chi connectivity index (χ3v) is 7.26. The fraction of sp³-hybridized carbons (Fsp3) is 0.400. The number of piperazine rings is 1. The predicted molar refractivity (Wildman–Crippen MR) is 107 cm³/mol. The molecule has 8 heteroatoms. The van der Waals surface area contributed by atoms with E-state index >= 15 is 0 Å². The number of amides is 1. The molecule has 2 aromatic rings. The van der Waals surface area contributed by atoms with Crippen molar-refractivity contribution >= 4 is 21.7 Å². The van der Waals surface area contributed by atoms with E-state index in [-0.39, 0.29) is 10.8 Å². The van der Waals surface area contributed by atoms with Crippen LogP contribution in [-0.4, -0.2) is 67.8 Å². The van der Waals surface area contributed by atoms with Crippen LogP contribution in [-0.2, 0) is 10.0 Å². The lowest BCUT2D eigenvalue weighted by molar-refractivity contribution is 0.0746. The van der Waals surface area contributed by atoms with Crippen LogP contribution in [0.25, 0.3) is 0 Å². The largest absolute Gasteiger partial charge is 0.353 e. The van der Waals surface area contributed by atoms with Gasteiger partial charge >= 0.3 is 0 Å². The molecule has 2 saturated heterocycles. The average molecular weight is 401 g/mol. The topological polar surface area (TPSA) is 73.8 Å². The second-order valence-electron chi connectivity index (χ2n) is 7.10. The normalized spacial score (nSPS) is 18.4. The Kier molecular flexibility index (Phi) is 5.32. The zero-order valence-corrected chi connectivity index (χ0v) is 16.5. The van der Waals surface area contributed by atoms with Gasteiger partial charge in [-0.1, -0.05) is 6.07 Å². The SMILES string of the molecule is O=C(c1ccc(S(=O)(=O)N2CCCC2)cc1)N1CCN(c2ccccn2)CC1. The standard InChI is InChI=1S/C20H24N4O3S/c25-20(23-15-13-22(14-16-23)19-5-1-2-10-21-19)17-6-8-18(9-7-17)28(26,27)24-11-3-4-12-24/h1-2,5-10H,3-4,11-16H2. The molecular weight excluding hydrogens is 376 g/mol. The quantitative estimate of drug-likeness (QED) is 0.783. The van der Waals surface area contributed by atoms with Crippen LogP contribution in [0.1, 0.15) is 23.2 Å². The van der Waals surface area contributed by atoms with Gasteiger partial charge in [-0.2, -0.15) is 4.31 Å². The van der Waals surface area contributed by atoms with Gasteiger partial charge in [0, 0.05) is 51.0 Å². The fourth-order valence-corrected chi connectivity index (χ4v) is 5.23. The lowest BCUT2D eigenvalue weighted by Gasteiger charge is -2.35. The molecule has 0 spiro atoms. The van der Waals surface area contributed by atoms with E-state index in [4.69, 9.17) is 0 Å². The van der Waals surface area contributed by atoms with E-state index in [9.17, 15) is 13.2 Å². The van der Waals surface area contributed by atoms with Crippen LogP contribution in [0.3, 0.4) is 0 Å². The van der Waals surface area contributed by atoms with Crippen molar-refractivity contribution in [2.45, 2.75) is 17.7 Å². The molecule has 1 aromatic heterocycles. The number of hydrogen-bond acceptors (Lipinski definition) is 5. The van der Waals surface area contributed by atoms with Gasteiger partial charge in [0.15, 0.2) is 0 Å². The van der Waals surface area contributed by atoms with Crippen molar-refractivity contribution < 1.29 is 13.2 Å². The van der Waals surface area contributed by atoms with Gasteiger partial charge in [-0.15, -0.1) is 0 Å². The summed E-state index contributed by atoms with van der Waals surface area (Å²) in [4.78, 5) is 21.4. The van der Waals surface area contributed by atoms with E-state index in [1.807, 2.05) is 23.1 Å². The van der Waals surface area contributed by atoms with Crippen molar-refractivity contribution in [3.63, 3.8) is 0 Å². The van der Waals surface area contributed by atoms with Crippen molar-refractivity contribution in [2.24, 2.45) is 0 Å². The second kappa shape index (κ2) is 7.89. The van der Waals surface area contributed by atoms with Gasteiger partial charge < -0.3 is 9.80 Å². The lowest BCUT2D eigenvalue weighted by Crippen LogP contribution is -2.49. The highest BCUT2D eigenvalue weighted by Crippen LogP contribution is 2.22. The Bertz CT molecular complexity index is 918. The number of carbonyl (C=O) groups excluding carboxylic acids is 1.